The topological polar surface area (TPSA) is 242 Å². The Hall–Kier alpha value is -1.50. The highest BCUT2D eigenvalue weighted by Crippen LogP contribution is 2.31. The Labute approximate surface area is 556 Å². The van der Waals surface area contributed by atoms with Gasteiger partial charge in [-0.3, -0.25) is 9.59 Å². The zero-order valence-electron chi connectivity index (χ0n) is 59.1. The summed E-state index contributed by atoms with van der Waals surface area (Å²) in [7, 11) is 0. The van der Waals surface area contributed by atoms with E-state index in [9.17, 15) is 50.4 Å². The second kappa shape index (κ2) is 58.6. The normalized spacial score (nSPS) is 23.3. The summed E-state index contributed by atoms with van der Waals surface area (Å²) in [5.74, 6) is -2.93. The van der Waals surface area contributed by atoms with Crippen LogP contribution in [0, 0.1) is 11.8 Å². The van der Waals surface area contributed by atoms with Crippen molar-refractivity contribution in [2.24, 2.45) is 11.8 Å². The summed E-state index contributed by atoms with van der Waals surface area (Å²) in [6.07, 6.45) is 41.7. The van der Waals surface area contributed by atoms with E-state index in [0.29, 0.717) is 25.7 Å². The number of rotatable bonds is 64. The van der Waals surface area contributed by atoms with Gasteiger partial charge < -0.3 is 64.5 Å². The maximum absolute atomic E-state index is 14.0. The minimum atomic E-state index is -1.89. The van der Waals surface area contributed by atoms with Crippen molar-refractivity contribution in [2.45, 2.75) is 448 Å². The maximum atomic E-state index is 14.0. The highest BCUT2D eigenvalue weighted by atomic mass is 16.8. The summed E-state index contributed by atoms with van der Waals surface area (Å²) in [5, 5.41) is 89.7. The molecular weight excluding hydrogens is 1150 g/mol. The molecule has 2 aliphatic rings. The van der Waals surface area contributed by atoms with Gasteiger partial charge in [0.05, 0.1) is 24.0 Å². The SMILES string of the molecule is CCCCCCCCCCCCCCC[C@@H](O)[C@@H](CCCCCCCCCCCCCC)C(=O)OCC1O[C@H](O[C@H]2OC(COC(=O)[C@H](CCCCCCCCCCCCCC)[C@H](O)CCCCCCCCCCCCCCC)[C@@H](O)[C@H](O)C2O)C(O)[C@@H](O)[C@@H]1O. The minimum Gasteiger partial charge on any atom is -0.463 e. The molecule has 91 heavy (non-hydrogen) atoms. The molecule has 4 unspecified atom stereocenters. The van der Waals surface area contributed by atoms with Crippen molar-refractivity contribution < 1.29 is 74.1 Å². The summed E-state index contributed by atoms with van der Waals surface area (Å²) in [6, 6.07) is 0. The zero-order chi connectivity index (χ0) is 66.4. The van der Waals surface area contributed by atoms with Crippen molar-refractivity contribution in [3.8, 4) is 0 Å². The van der Waals surface area contributed by atoms with Crippen LogP contribution in [-0.4, -0.2) is 140 Å². The van der Waals surface area contributed by atoms with Crippen LogP contribution in [0.4, 0.5) is 0 Å². The first-order valence-corrected chi connectivity index (χ1v) is 39.1. The van der Waals surface area contributed by atoms with Gasteiger partial charge in [0, 0.05) is 0 Å². The number of aliphatic hydroxyl groups excluding tert-OH is 8. The molecule has 15 heteroatoms. The van der Waals surface area contributed by atoms with Crippen LogP contribution >= 0.6 is 0 Å². The molecule has 0 aliphatic carbocycles. The second-order valence-corrected chi connectivity index (χ2v) is 28.2. The van der Waals surface area contributed by atoms with E-state index >= 15 is 0 Å². The Balaban J connectivity index is 2.03. The van der Waals surface area contributed by atoms with Crippen LogP contribution in [0.25, 0.3) is 0 Å². The minimum absolute atomic E-state index is 0.429. The molecule has 0 radical (unpaired) electrons. The van der Waals surface area contributed by atoms with Gasteiger partial charge in [-0.25, -0.2) is 0 Å². The van der Waals surface area contributed by atoms with E-state index < -0.39 is 111 Å². The lowest BCUT2D eigenvalue weighted by atomic mass is 9.91. The van der Waals surface area contributed by atoms with Gasteiger partial charge in [0.1, 0.15) is 62.0 Å². The van der Waals surface area contributed by atoms with E-state index in [1.165, 1.54) is 218 Å². The predicted molar refractivity (Wildman–Crippen MR) is 367 cm³/mol. The summed E-state index contributed by atoms with van der Waals surface area (Å²) in [4.78, 5) is 27.9. The molecule has 540 valence electrons. The van der Waals surface area contributed by atoms with E-state index in [-0.39, 0.29) is 0 Å². The standard InChI is InChI=1S/C76H146O15/c1-5-9-13-17-21-25-29-33-37-41-45-49-53-57-63(77)61(55-51-47-43-39-35-31-27-23-19-15-11-7-3)73(85)87-59-65-67(79)69(81)71(83)75(89-65)91-76-72(84)70(82)68(80)66(90-76)60-88-74(86)62(56-52-48-44-40-36-32-28-24-20-16-12-8-4)64(78)58-54-50-46-42-38-34-30-26-22-18-14-10-6-2/h61-72,75-84H,5-60H2,1-4H3/t61-,62-,63-,64-,65?,66?,67-,68-,69+,70+,71?,72?,75-,76-/m1/s1. The zero-order valence-corrected chi connectivity index (χ0v) is 59.1. The summed E-state index contributed by atoms with van der Waals surface area (Å²) < 4.78 is 29.3. The summed E-state index contributed by atoms with van der Waals surface area (Å²) in [6.45, 7) is 7.86. The lowest BCUT2D eigenvalue weighted by Crippen LogP contribution is -2.64. The number of ether oxygens (including phenoxy) is 5. The highest BCUT2D eigenvalue weighted by molar-refractivity contribution is 5.73. The smallest absolute Gasteiger partial charge is 0.311 e. The Morgan fingerprint density at radius 3 is 0.703 bits per heavy atom. The molecule has 0 aromatic carbocycles. The van der Waals surface area contributed by atoms with Crippen LogP contribution in [0.15, 0.2) is 0 Å². The predicted octanol–water partition coefficient (Wildman–Crippen LogP) is 16.8. The van der Waals surface area contributed by atoms with Gasteiger partial charge >= 0.3 is 11.9 Å². The Bertz CT molecular complexity index is 1510. The van der Waals surface area contributed by atoms with Crippen LogP contribution in [0.1, 0.15) is 374 Å². The molecule has 0 amide bonds. The first kappa shape index (κ1) is 85.6. The van der Waals surface area contributed by atoms with Crippen LogP contribution < -0.4 is 0 Å². The molecule has 0 bridgehead atoms. The van der Waals surface area contributed by atoms with E-state index in [0.717, 1.165) is 103 Å². The fourth-order valence-electron chi connectivity index (χ4n) is 13.5. The Morgan fingerprint density at radius 2 is 0.484 bits per heavy atom. The van der Waals surface area contributed by atoms with Crippen molar-refractivity contribution in [3.05, 3.63) is 0 Å². The molecule has 2 saturated heterocycles. The van der Waals surface area contributed by atoms with Gasteiger partial charge in [0.15, 0.2) is 12.6 Å². The maximum Gasteiger partial charge on any atom is 0.311 e. The first-order chi connectivity index (χ1) is 44.3. The quantitative estimate of drug-likeness (QED) is 0.0209. The molecule has 2 rings (SSSR count). The lowest BCUT2D eigenvalue weighted by molar-refractivity contribution is -0.376. The number of carbonyl (C=O) groups is 2. The number of aliphatic hydroxyl groups is 8. The van der Waals surface area contributed by atoms with E-state index in [1.807, 2.05) is 0 Å². The van der Waals surface area contributed by atoms with Crippen LogP contribution in [-0.2, 0) is 33.3 Å². The van der Waals surface area contributed by atoms with Gasteiger partial charge in [-0.05, 0) is 25.7 Å². The van der Waals surface area contributed by atoms with E-state index in [2.05, 4.69) is 27.7 Å². The molecule has 15 nitrogen and oxygen atoms in total. The van der Waals surface area contributed by atoms with Crippen molar-refractivity contribution in [1.82, 2.24) is 0 Å². The van der Waals surface area contributed by atoms with Crippen LogP contribution in [0.5, 0.6) is 0 Å². The molecule has 2 heterocycles. The molecule has 2 aliphatic heterocycles. The summed E-state index contributed by atoms with van der Waals surface area (Å²) >= 11 is 0. The Morgan fingerprint density at radius 1 is 0.286 bits per heavy atom. The molecule has 0 aromatic heterocycles. The molecule has 8 N–H and O–H groups in total. The van der Waals surface area contributed by atoms with Gasteiger partial charge in [-0.1, -0.05) is 349 Å². The molecule has 14 atom stereocenters. The fraction of sp³-hybridized carbons (Fsp3) is 0.974. The third-order valence-electron chi connectivity index (χ3n) is 19.9. The third kappa shape index (κ3) is 41.4. The number of unbranched alkanes of at least 4 members (excludes halogenated alkanes) is 46. The number of hydrogen-bond donors (Lipinski definition) is 8. The third-order valence-corrected chi connectivity index (χ3v) is 19.9. The van der Waals surface area contributed by atoms with E-state index in [4.69, 9.17) is 23.7 Å². The molecule has 0 aromatic rings. The fourth-order valence-corrected chi connectivity index (χ4v) is 13.5. The molecule has 0 saturated carbocycles. The number of hydrogen-bond acceptors (Lipinski definition) is 15. The number of carbonyl (C=O) groups excluding carboxylic acids is 2. The average Bonchev–Trinajstić information content (AvgIpc) is 1.06. The van der Waals surface area contributed by atoms with Gasteiger partial charge in [-0.2, -0.15) is 0 Å². The highest BCUT2D eigenvalue weighted by Gasteiger charge is 2.50. The van der Waals surface area contributed by atoms with Crippen LogP contribution in [0.3, 0.4) is 0 Å². The van der Waals surface area contributed by atoms with Crippen molar-refractivity contribution in [2.75, 3.05) is 13.2 Å². The second-order valence-electron chi connectivity index (χ2n) is 28.2. The molecule has 2 fully saturated rings. The van der Waals surface area contributed by atoms with Crippen molar-refractivity contribution in [1.29, 1.82) is 0 Å². The Kier molecular flexibility index (Phi) is 55.1. The van der Waals surface area contributed by atoms with Gasteiger partial charge in [0.25, 0.3) is 0 Å². The first-order valence-electron chi connectivity index (χ1n) is 39.1. The monoisotopic (exact) mass is 1300 g/mol. The number of esters is 2. The molecule has 0 spiro atoms. The largest absolute Gasteiger partial charge is 0.463 e. The van der Waals surface area contributed by atoms with E-state index in [1.54, 1.807) is 0 Å². The summed E-state index contributed by atoms with van der Waals surface area (Å²) in [5.41, 5.74) is 0. The van der Waals surface area contributed by atoms with Crippen LogP contribution in [0.2, 0.25) is 0 Å². The molecular formula is C76H146O15. The van der Waals surface area contributed by atoms with Gasteiger partial charge in [0.2, 0.25) is 0 Å². The lowest BCUT2D eigenvalue weighted by Gasteiger charge is -2.44. The van der Waals surface area contributed by atoms with Gasteiger partial charge in [-0.15, -0.1) is 0 Å². The van der Waals surface area contributed by atoms with Crippen molar-refractivity contribution in [3.63, 3.8) is 0 Å². The average molecular weight is 1300 g/mol. The van der Waals surface area contributed by atoms with Crippen molar-refractivity contribution >= 4 is 11.9 Å².